The lowest BCUT2D eigenvalue weighted by atomic mass is 9.73. The molecule has 14 heavy (non-hydrogen) atoms. The van der Waals surface area contributed by atoms with Crippen molar-refractivity contribution in [2.45, 2.75) is 19.8 Å². The van der Waals surface area contributed by atoms with Crippen LogP contribution in [-0.2, 0) is 0 Å². The summed E-state index contributed by atoms with van der Waals surface area (Å²) in [4.78, 5) is 11.0. The molecular weight excluding hydrogens is 196 g/mol. The van der Waals surface area contributed by atoms with Gasteiger partial charge in [-0.2, -0.15) is 11.8 Å². The van der Waals surface area contributed by atoms with Crippen molar-refractivity contribution in [1.29, 1.82) is 0 Å². The number of carbonyl (C=O) groups is 1. The number of nitrogens with one attached hydrogen (secondary N) is 2. The summed E-state index contributed by atoms with van der Waals surface area (Å²) in [6, 6.07) is -0.00680. The maximum absolute atomic E-state index is 11.0. The van der Waals surface area contributed by atoms with E-state index in [1.165, 1.54) is 24.3 Å². The average molecular weight is 214 g/mol. The summed E-state index contributed by atoms with van der Waals surface area (Å²) >= 11 is 2.05. The Morgan fingerprint density at radius 1 is 1.29 bits per heavy atom. The van der Waals surface area contributed by atoms with Crippen molar-refractivity contribution in [3.05, 3.63) is 0 Å². The highest BCUT2D eigenvalue weighted by atomic mass is 32.2. The lowest BCUT2D eigenvalue weighted by Gasteiger charge is -2.42. The fraction of sp³-hybridized carbons (Fsp3) is 0.900. The number of thioether (sulfide) groups is 1. The molecule has 0 bridgehead atoms. The number of hydrogen-bond acceptors (Lipinski definition) is 2. The van der Waals surface area contributed by atoms with Gasteiger partial charge in [0.25, 0.3) is 0 Å². The normalized spacial score (nSPS) is 27.9. The molecule has 3 nitrogen and oxygen atoms in total. The zero-order chi connectivity index (χ0) is 10.0. The molecule has 0 aliphatic carbocycles. The van der Waals surface area contributed by atoms with Crippen LogP contribution in [0.4, 0.5) is 4.79 Å². The molecule has 0 unspecified atom stereocenters. The van der Waals surface area contributed by atoms with Crippen molar-refractivity contribution in [1.82, 2.24) is 10.6 Å². The van der Waals surface area contributed by atoms with E-state index in [0.717, 1.165) is 19.0 Å². The Labute approximate surface area is 89.4 Å². The molecule has 2 fully saturated rings. The van der Waals surface area contributed by atoms with E-state index in [0.29, 0.717) is 0 Å². The molecule has 2 saturated heterocycles. The number of urea groups is 1. The van der Waals surface area contributed by atoms with Gasteiger partial charge < -0.3 is 10.6 Å². The second-order valence-electron chi connectivity index (χ2n) is 4.58. The van der Waals surface area contributed by atoms with Crippen molar-refractivity contribution in [2.24, 2.45) is 11.3 Å². The summed E-state index contributed by atoms with van der Waals surface area (Å²) in [5.41, 5.74) is 0.273. The molecular formula is C10H18N2OS. The highest BCUT2D eigenvalue weighted by Crippen LogP contribution is 2.37. The van der Waals surface area contributed by atoms with Gasteiger partial charge in [-0.1, -0.05) is 6.92 Å². The molecule has 0 saturated carbocycles. The molecule has 2 rings (SSSR count). The summed E-state index contributed by atoms with van der Waals surface area (Å²) in [5.74, 6) is 3.35. The van der Waals surface area contributed by atoms with Crippen LogP contribution in [0, 0.1) is 11.3 Å². The van der Waals surface area contributed by atoms with Gasteiger partial charge in [0.15, 0.2) is 0 Å². The van der Waals surface area contributed by atoms with Crippen LogP contribution in [0.3, 0.4) is 0 Å². The molecule has 0 aromatic rings. The Balaban J connectivity index is 1.96. The molecule has 0 aromatic carbocycles. The molecule has 2 amide bonds. The van der Waals surface area contributed by atoms with E-state index in [1.807, 2.05) is 0 Å². The van der Waals surface area contributed by atoms with Crippen molar-refractivity contribution < 1.29 is 4.79 Å². The monoisotopic (exact) mass is 214 g/mol. The summed E-state index contributed by atoms with van der Waals surface area (Å²) in [6.45, 7) is 3.97. The van der Waals surface area contributed by atoms with E-state index < -0.39 is 0 Å². The van der Waals surface area contributed by atoms with E-state index >= 15 is 0 Å². The van der Waals surface area contributed by atoms with Crippen molar-refractivity contribution >= 4 is 17.8 Å². The standard InChI is InChI=1S/C10H18N2OS/c1-10(6-11-9(13)12-7-10)8-2-4-14-5-3-8/h8H,2-7H2,1H3,(H2,11,12,13). The topological polar surface area (TPSA) is 41.1 Å². The van der Waals surface area contributed by atoms with Gasteiger partial charge in [-0.15, -0.1) is 0 Å². The molecule has 2 aliphatic heterocycles. The lowest BCUT2D eigenvalue weighted by molar-refractivity contribution is 0.142. The van der Waals surface area contributed by atoms with E-state index in [4.69, 9.17) is 0 Å². The largest absolute Gasteiger partial charge is 0.338 e. The minimum absolute atomic E-state index is 0.00680. The van der Waals surface area contributed by atoms with Gasteiger partial charge >= 0.3 is 6.03 Å². The van der Waals surface area contributed by atoms with Crippen molar-refractivity contribution in [2.75, 3.05) is 24.6 Å². The second kappa shape index (κ2) is 4.01. The molecule has 0 spiro atoms. The van der Waals surface area contributed by atoms with Gasteiger partial charge in [0.2, 0.25) is 0 Å². The Bertz CT molecular complexity index is 216. The predicted octanol–water partition coefficient (Wildman–Crippen LogP) is 1.45. The smallest absolute Gasteiger partial charge is 0.314 e. The minimum atomic E-state index is -0.00680. The predicted molar refractivity (Wildman–Crippen MR) is 59.6 cm³/mol. The molecule has 2 aliphatic rings. The molecule has 0 radical (unpaired) electrons. The van der Waals surface area contributed by atoms with E-state index in [9.17, 15) is 4.79 Å². The molecule has 80 valence electrons. The zero-order valence-electron chi connectivity index (χ0n) is 8.64. The van der Waals surface area contributed by atoms with Gasteiger partial charge in [-0.25, -0.2) is 4.79 Å². The Morgan fingerprint density at radius 3 is 2.43 bits per heavy atom. The van der Waals surface area contributed by atoms with E-state index in [2.05, 4.69) is 29.3 Å². The van der Waals surface area contributed by atoms with Gasteiger partial charge in [-0.05, 0) is 30.3 Å². The first-order valence-corrected chi connectivity index (χ1v) is 6.46. The molecule has 0 atom stereocenters. The lowest BCUT2D eigenvalue weighted by Crippen LogP contribution is -2.56. The summed E-state index contributed by atoms with van der Waals surface area (Å²) in [5, 5.41) is 5.83. The summed E-state index contributed by atoms with van der Waals surface area (Å²) in [6.07, 6.45) is 2.61. The number of amides is 2. The first kappa shape index (κ1) is 10.1. The maximum Gasteiger partial charge on any atom is 0.314 e. The van der Waals surface area contributed by atoms with Crippen LogP contribution < -0.4 is 10.6 Å². The van der Waals surface area contributed by atoms with Gasteiger partial charge in [0, 0.05) is 18.5 Å². The van der Waals surface area contributed by atoms with Crippen LogP contribution in [-0.4, -0.2) is 30.6 Å². The van der Waals surface area contributed by atoms with Crippen LogP contribution in [0.25, 0.3) is 0 Å². The van der Waals surface area contributed by atoms with Gasteiger partial charge in [0.05, 0.1) is 0 Å². The Morgan fingerprint density at radius 2 is 1.86 bits per heavy atom. The molecule has 2 heterocycles. The summed E-state index contributed by atoms with van der Waals surface area (Å²) in [7, 11) is 0. The van der Waals surface area contributed by atoms with Crippen LogP contribution in [0.15, 0.2) is 0 Å². The summed E-state index contributed by atoms with van der Waals surface area (Å²) < 4.78 is 0. The zero-order valence-corrected chi connectivity index (χ0v) is 9.45. The second-order valence-corrected chi connectivity index (χ2v) is 5.80. The van der Waals surface area contributed by atoms with Gasteiger partial charge in [0.1, 0.15) is 0 Å². The highest BCUT2D eigenvalue weighted by molar-refractivity contribution is 7.99. The fourth-order valence-electron chi connectivity index (χ4n) is 2.37. The maximum atomic E-state index is 11.0. The Kier molecular flexibility index (Phi) is 2.91. The van der Waals surface area contributed by atoms with Crippen LogP contribution >= 0.6 is 11.8 Å². The molecule has 4 heteroatoms. The van der Waals surface area contributed by atoms with Crippen LogP contribution in [0.2, 0.25) is 0 Å². The first-order chi connectivity index (χ1) is 6.71. The molecule has 0 aromatic heterocycles. The van der Waals surface area contributed by atoms with Crippen molar-refractivity contribution in [3.8, 4) is 0 Å². The number of carbonyl (C=O) groups excluding carboxylic acids is 1. The SMILES string of the molecule is CC1(C2CCSCC2)CNC(=O)NC1. The minimum Gasteiger partial charge on any atom is -0.338 e. The average Bonchev–Trinajstić information content (AvgIpc) is 2.24. The number of hydrogen-bond donors (Lipinski definition) is 2. The number of rotatable bonds is 1. The van der Waals surface area contributed by atoms with Crippen LogP contribution in [0.5, 0.6) is 0 Å². The highest BCUT2D eigenvalue weighted by Gasteiger charge is 2.37. The third kappa shape index (κ3) is 2.00. The third-order valence-electron chi connectivity index (χ3n) is 3.51. The van der Waals surface area contributed by atoms with Crippen LogP contribution in [0.1, 0.15) is 19.8 Å². The fourth-order valence-corrected chi connectivity index (χ4v) is 3.48. The van der Waals surface area contributed by atoms with E-state index in [1.54, 1.807) is 0 Å². The Hall–Kier alpha value is -0.380. The van der Waals surface area contributed by atoms with E-state index in [-0.39, 0.29) is 11.4 Å². The quantitative estimate of drug-likeness (QED) is 0.693. The third-order valence-corrected chi connectivity index (χ3v) is 4.56. The van der Waals surface area contributed by atoms with Crippen molar-refractivity contribution in [3.63, 3.8) is 0 Å². The first-order valence-electron chi connectivity index (χ1n) is 5.30. The molecule has 2 N–H and O–H groups in total. The van der Waals surface area contributed by atoms with Gasteiger partial charge in [-0.3, -0.25) is 0 Å².